The number of primary amides is 1. The van der Waals surface area contributed by atoms with Crippen LogP contribution in [-0.2, 0) is 6.54 Å². The molecule has 1 aromatic heterocycles. The number of ether oxygens (including phenoxy) is 1. The van der Waals surface area contributed by atoms with Gasteiger partial charge in [0.05, 0.1) is 13.3 Å². The molecule has 1 aliphatic rings. The summed E-state index contributed by atoms with van der Waals surface area (Å²) >= 11 is 0. The number of anilines is 1. The molecule has 2 unspecified atom stereocenters. The molecule has 0 fully saturated rings. The van der Waals surface area contributed by atoms with Gasteiger partial charge in [-0.15, -0.1) is 0 Å². The standard InChI is InChI=1S/C17H22FN5O2/c1-10(12-3-4-15(25-2)14(18)5-12)20-6-11-7-21-17-13(16(19)24)8-22-23(17)9-11/h3-5,8,10-11,20-21H,6-7,9H2,1-2H3,(H2,19,24). The average molecular weight is 347 g/mol. The van der Waals surface area contributed by atoms with Crippen LogP contribution in [-0.4, -0.2) is 35.9 Å². The molecular formula is C17H22FN5O2. The van der Waals surface area contributed by atoms with E-state index in [1.807, 2.05) is 13.0 Å². The van der Waals surface area contributed by atoms with Gasteiger partial charge in [-0.1, -0.05) is 6.07 Å². The maximum atomic E-state index is 13.8. The van der Waals surface area contributed by atoms with E-state index in [0.29, 0.717) is 30.4 Å². The van der Waals surface area contributed by atoms with Crippen molar-refractivity contribution >= 4 is 11.7 Å². The van der Waals surface area contributed by atoms with E-state index in [1.165, 1.54) is 19.4 Å². The third-order valence-electron chi connectivity index (χ3n) is 4.48. The van der Waals surface area contributed by atoms with Gasteiger partial charge in [0.2, 0.25) is 0 Å². The summed E-state index contributed by atoms with van der Waals surface area (Å²) in [4.78, 5) is 11.3. The minimum atomic E-state index is -0.486. The highest BCUT2D eigenvalue weighted by Gasteiger charge is 2.23. The maximum Gasteiger partial charge on any atom is 0.254 e. The third kappa shape index (κ3) is 3.58. The third-order valence-corrected chi connectivity index (χ3v) is 4.48. The number of hydrogen-bond donors (Lipinski definition) is 3. The van der Waals surface area contributed by atoms with Crippen LogP contribution in [0.15, 0.2) is 24.4 Å². The van der Waals surface area contributed by atoms with Crippen LogP contribution in [0.2, 0.25) is 0 Å². The first-order valence-corrected chi connectivity index (χ1v) is 8.16. The minimum absolute atomic E-state index is 0.000560. The van der Waals surface area contributed by atoms with Crippen molar-refractivity contribution in [3.63, 3.8) is 0 Å². The highest BCUT2D eigenvalue weighted by molar-refractivity contribution is 5.97. The van der Waals surface area contributed by atoms with Crippen molar-refractivity contribution < 1.29 is 13.9 Å². The van der Waals surface area contributed by atoms with Crippen molar-refractivity contribution in [2.75, 3.05) is 25.5 Å². The lowest BCUT2D eigenvalue weighted by atomic mass is 10.0. The summed E-state index contributed by atoms with van der Waals surface area (Å²) in [6.45, 7) is 4.12. The fraction of sp³-hybridized carbons (Fsp3) is 0.412. The number of benzene rings is 1. The number of halogens is 1. The van der Waals surface area contributed by atoms with Crippen LogP contribution in [0.4, 0.5) is 10.2 Å². The highest BCUT2D eigenvalue weighted by atomic mass is 19.1. The number of carbonyl (C=O) groups is 1. The number of hydrogen-bond acceptors (Lipinski definition) is 5. The van der Waals surface area contributed by atoms with Gasteiger partial charge >= 0.3 is 0 Å². The van der Waals surface area contributed by atoms with Crippen LogP contribution in [0.5, 0.6) is 5.75 Å². The van der Waals surface area contributed by atoms with Crippen molar-refractivity contribution in [2.45, 2.75) is 19.5 Å². The molecule has 8 heteroatoms. The first kappa shape index (κ1) is 17.2. The van der Waals surface area contributed by atoms with Crippen LogP contribution in [0.1, 0.15) is 28.9 Å². The smallest absolute Gasteiger partial charge is 0.254 e. The molecule has 0 aliphatic carbocycles. The Bertz CT molecular complexity index is 776. The molecule has 0 spiro atoms. The molecule has 1 amide bonds. The molecule has 7 nitrogen and oxygen atoms in total. The predicted octanol–water partition coefficient (Wildman–Crippen LogP) is 1.52. The number of nitrogens with zero attached hydrogens (tertiary/aromatic N) is 2. The molecule has 3 rings (SSSR count). The van der Waals surface area contributed by atoms with Gasteiger partial charge in [-0.05, 0) is 24.6 Å². The summed E-state index contributed by atoms with van der Waals surface area (Å²) in [5, 5.41) is 10.8. The van der Waals surface area contributed by atoms with Gasteiger partial charge in [-0.25, -0.2) is 9.07 Å². The number of amides is 1. The van der Waals surface area contributed by atoms with Gasteiger partial charge in [-0.2, -0.15) is 5.10 Å². The maximum absolute atomic E-state index is 13.8. The van der Waals surface area contributed by atoms with Crippen LogP contribution in [0.25, 0.3) is 0 Å². The van der Waals surface area contributed by atoms with E-state index in [2.05, 4.69) is 15.7 Å². The molecule has 134 valence electrons. The molecule has 0 bridgehead atoms. The van der Waals surface area contributed by atoms with Crippen molar-refractivity contribution in [2.24, 2.45) is 11.7 Å². The molecular weight excluding hydrogens is 325 g/mol. The average Bonchev–Trinajstić information content (AvgIpc) is 3.03. The highest BCUT2D eigenvalue weighted by Crippen LogP contribution is 2.23. The minimum Gasteiger partial charge on any atom is -0.494 e. The first-order chi connectivity index (χ1) is 12.0. The largest absolute Gasteiger partial charge is 0.494 e. The molecule has 2 aromatic rings. The number of fused-ring (bicyclic) bond motifs is 1. The van der Waals surface area contributed by atoms with E-state index in [4.69, 9.17) is 10.5 Å². The number of methoxy groups -OCH3 is 1. The van der Waals surface area contributed by atoms with Crippen molar-refractivity contribution in [3.8, 4) is 5.75 Å². The Balaban J connectivity index is 1.58. The summed E-state index contributed by atoms with van der Waals surface area (Å²) in [7, 11) is 1.45. The van der Waals surface area contributed by atoms with E-state index < -0.39 is 5.91 Å². The zero-order chi connectivity index (χ0) is 18.0. The summed E-state index contributed by atoms with van der Waals surface area (Å²) in [6.07, 6.45) is 1.49. The zero-order valence-corrected chi connectivity index (χ0v) is 14.3. The van der Waals surface area contributed by atoms with Crippen LogP contribution >= 0.6 is 0 Å². The van der Waals surface area contributed by atoms with Gasteiger partial charge in [0.25, 0.3) is 5.91 Å². The summed E-state index contributed by atoms with van der Waals surface area (Å²) < 4.78 is 20.5. The monoisotopic (exact) mass is 347 g/mol. The Labute approximate surface area is 145 Å². The predicted molar refractivity (Wildman–Crippen MR) is 92.1 cm³/mol. The van der Waals surface area contributed by atoms with Gasteiger partial charge in [0.1, 0.15) is 11.4 Å². The Morgan fingerprint density at radius 1 is 1.60 bits per heavy atom. The molecule has 2 heterocycles. The lowest BCUT2D eigenvalue weighted by Crippen LogP contribution is -2.36. The number of aromatic nitrogens is 2. The molecule has 0 saturated heterocycles. The summed E-state index contributed by atoms with van der Waals surface area (Å²) in [5.41, 5.74) is 6.60. The fourth-order valence-corrected chi connectivity index (χ4v) is 2.99. The normalized spacial score (nSPS) is 17.5. The van der Waals surface area contributed by atoms with Crippen molar-refractivity contribution in [1.82, 2.24) is 15.1 Å². The summed E-state index contributed by atoms with van der Waals surface area (Å²) in [5.74, 6) is 0.352. The molecule has 25 heavy (non-hydrogen) atoms. The lowest BCUT2D eigenvalue weighted by molar-refractivity contribution is 0.100. The van der Waals surface area contributed by atoms with Gasteiger partial charge < -0.3 is 21.1 Å². The molecule has 4 N–H and O–H groups in total. The van der Waals surface area contributed by atoms with E-state index >= 15 is 0 Å². The molecule has 1 aromatic carbocycles. The van der Waals surface area contributed by atoms with E-state index in [1.54, 1.807) is 10.7 Å². The van der Waals surface area contributed by atoms with Gasteiger partial charge in [0, 0.05) is 31.6 Å². The molecule has 0 radical (unpaired) electrons. The van der Waals surface area contributed by atoms with Crippen molar-refractivity contribution in [1.29, 1.82) is 0 Å². The number of nitrogens with one attached hydrogen (secondary N) is 2. The Morgan fingerprint density at radius 3 is 3.08 bits per heavy atom. The molecule has 0 saturated carbocycles. The van der Waals surface area contributed by atoms with Gasteiger partial charge in [-0.3, -0.25) is 4.79 Å². The lowest BCUT2D eigenvalue weighted by Gasteiger charge is -2.27. The number of rotatable bonds is 6. The Kier molecular flexibility index (Phi) is 4.89. The fourth-order valence-electron chi connectivity index (χ4n) is 2.99. The van der Waals surface area contributed by atoms with Crippen LogP contribution in [0, 0.1) is 11.7 Å². The second-order valence-corrected chi connectivity index (χ2v) is 6.22. The Hall–Kier alpha value is -2.61. The topological polar surface area (TPSA) is 94.2 Å². The number of nitrogens with two attached hydrogens (primary N) is 1. The molecule has 2 atom stereocenters. The van der Waals surface area contributed by atoms with E-state index in [9.17, 15) is 9.18 Å². The summed E-state index contributed by atoms with van der Waals surface area (Å²) in [6, 6.07) is 4.97. The zero-order valence-electron chi connectivity index (χ0n) is 14.3. The quantitative estimate of drug-likeness (QED) is 0.737. The van der Waals surface area contributed by atoms with Crippen LogP contribution < -0.4 is 21.1 Å². The number of carbonyl (C=O) groups excluding carboxylic acids is 1. The van der Waals surface area contributed by atoms with Gasteiger partial charge in [0.15, 0.2) is 11.6 Å². The molecule has 1 aliphatic heterocycles. The van der Waals surface area contributed by atoms with E-state index in [0.717, 1.165) is 12.1 Å². The second kappa shape index (κ2) is 7.10. The Morgan fingerprint density at radius 2 is 2.40 bits per heavy atom. The van der Waals surface area contributed by atoms with Crippen molar-refractivity contribution in [3.05, 3.63) is 41.3 Å². The van der Waals surface area contributed by atoms with Crippen LogP contribution in [0.3, 0.4) is 0 Å². The SMILES string of the molecule is COc1ccc(C(C)NCC2CNc3c(C(N)=O)cnn3C2)cc1F. The first-order valence-electron chi connectivity index (χ1n) is 8.16. The second-order valence-electron chi connectivity index (χ2n) is 6.22. The van der Waals surface area contributed by atoms with E-state index in [-0.39, 0.29) is 17.6 Å².